The third-order valence-corrected chi connectivity index (χ3v) is 5.74. The van der Waals surface area contributed by atoms with E-state index >= 15 is 0 Å². The largest absolute Gasteiger partial charge is 0.497 e. The normalized spacial score (nSPS) is 14.2. The highest BCUT2D eigenvalue weighted by molar-refractivity contribution is 6.04. The maximum Gasteiger partial charge on any atom is 0.328 e. The van der Waals surface area contributed by atoms with Crippen LogP contribution in [0.5, 0.6) is 5.75 Å². The molecular weight excluding hydrogens is 462 g/mol. The second-order valence-corrected chi connectivity index (χ2v) is 8.49. The summed E-state index contributed by atoms with van der Waals surface area (Å²) in [5.41, 5.74) is 1.46. The van der Waals surface area contributed by atoms with E-state index < -0.39 is 30.4 Å². The first kappa shape index (κ1) is 26.5. The number of esters is 1. The van der Waals surface area contributed by atoms with E-state index in [2.05, 4.69) is 16.0 Å². The topological polar surface area (TPSA) is 123 Å². The van der Waals surface area contributed by atoms with Crippen molar-refractivity contribution < 1.29 is 28.7 Å². The van der Waals surface area contributed by atoms with E-state index in [9.17, 15) is 19.2 Å². The third kappa shape index (κ3) is 7.97. The van der Waals surface area contributed by atoms with Gasteiger partial charge in [0.05, 0.1) is 18.4 Å². The van der Waals surface area contributed by atoms with E-state index in [-0.39, 0.29) is 11.9 Å². The van der Waals surface area contributed by atoms with Crippen molar-refractivity contribution in [2.75, 3.05) is 19.0 Å². The summed E-state index contributed by atoms with van der Waals surface area (Å²) in [5, 5.41) is 8.10. The molecule has 0 aromatic heterocycles. The minimum absolute atomic E-state index is 0.143. The zero-order chi connectivity index (χ0) is 25.9. The maximum absolute atomic E-state index is 12.6. The van der Waals surface area contributed by atoms with Crippen LogP contribution in [0.3, 0.4) is 0 Å². The van der Waals surface area contributed by atoms with Gasteiger partial charge in [0.1, 0.15) is 11.8 Å². The third-order valence-electron chi connectivity index (χ3n) is 5.74. The van der Waals surface area contributed by atoms with Gasteiger partial charge in [0.2, 0.25) is 5.91 Å². The van der Waals surface area contributed by atoms with E-state index in [1.165, 1.54) is 13.0 Å². The molecule has 3 N–H and O–H groups in total. The quantitative estimate of drug-likeness (QED) is 0.345. The molecular formula is C27H31N3O6. The van der Waals surface area contributed by atoms with Crippen LogP contribution in [0, 0.1) is 0 Å². The van der Waals surface area contributed by atoms with Crippen LogP contribution < -0.4 is 20.7 Å². The van der Waals surface area contributed by atoms with Gasteiger partial charge >= 0.3 is 5.97 Å². The first-order valence-electron chi connectivity index (χ1n) is 11.8. The molecule has 36 heavy (non-hydrogen) atoms. The Morgan fingerprint density at radius 1 is 1.03 bits per heavy atom. The molecule has 9 nitrogen and oxygen atoms in total. The lowest BCUT2D eigenvalue weighted by Gasteiger charge is -2.15. The molecule has 0 bridgehead atoms. The SMILES string of the molecule is COc1ccc(C=CC(=O)NC(C)C(=O)OCC(=O)Nc2ccccc2C(=O)NC2CCCC2)cc1. The number of para-hydroxylation sites is 1. The van der Waals surface area contributed by atoms with Crippen LogP contribution in [-0.2, 0) is 19.1 Å². The van der Waals surface area contributed by atoms with Gasteiger partial charge in [-0.2, -0.15) is 0 Å². The Morgan fingerprint density at radius 3 is 2.42 bits per heavy atom. The highest BCUT2D eigenvalue weighted by atomic mass is 16.5. The number of ether oxygens (including phenoxy) is 2. The minimum Gasteiger partial charge on any atom is -0.497 e. The molecule has 1 atom stereocenters. The number of hydrogen-bond donors (Lipinski definition) is 3. The molecule has 0 saturated heterocycles. The monoisotopic (exact) mass is 493 g/mol. The number of benzene rings is 2. The van der Waals surface area contributed by atoms with Crippen molar-refractivity contribution in [2.45, 2.75) is 44.7 Å². The molecule has 1 unspecified atom stereocenters. The number of carbonyl (C=O) groups is 4. The van der Waals surface area contributed by atoms with Crippen LogP contribution in [0.2, 0.25) is 0 Å². The summed E-state index contributed by atoms with van der Waals surface area (Å²) in [4.78, 5) is 49.3. The maximum atomic E-state index is 12.6. The number of nitrogens with one attached hydrogen (secondary N) is 3. The van der Waals surface area contributed by atoms with Crippen molar-refractivity contribution in [2.24, 2.45) is 0 Å². The van der Waals surface area contributed by atoms with Crippen LogP contribution >= 0.6 is 0 Å². The van der Waals surface area contributed by atoms with Gasteiger partial charge in [-0.1, -0.05) is 37.1 Å². The molecule has 0 radical (unpaired) electrons. The van der Waals surface area contributed by atoms with E-state index in [0.29, 0.717) is 17.0 Å². The summed E-state index contributed by atoms with van der Waals surface area (Å²) < 4.78 is 10.1. The number of carbonyl (C=O) groups excluding carboxylic acids is 4. The average Bonchev–Trinajstić information content (AvgIpc) is 3.39. The molecule has 3 amide bonds. The van der Waals surface area contributed by atoms with Crippen LogP contribution in [-0.4, -0.2) is 49.5 Å². The van der Waals surface area contributed by atoms with E-state index in [4.69, 9.17) is 9.47 Å². The molecule has 190 valence electrons. The average molecular weight is 494 g/mol. The molecule has 1 aliphatic carbocycles. The number of methoxy groups -OCH3 is 1. The van der Waals surface area contributed by atoms with Crippen LogP contribution in [0.4, 0.5) is 5.69 Å². The molecule has 9 heteroatoms. The smallest absolute Gasteiger partial charge is 0.328 e. The molecule has 2 aromatic carbocycles. The number of amides is 3. The van der Waals surface area contributed by atoms with Gasteiger partial charge in [-0.15, -0.1) is 0 Å². The Bertz CT molecular complexity index is 1110. The second kappa shape index (κ2) is 13.1. The lowest BCUT2D eigenvalue weighted by atomic mass is 10.1. The van der Waals surface area contributed by atoms with Crippen LogP contribution in [0.25, 0.3) is 6.08 Å². The second-order valence-electron chi connectivity index (χ2n) is 8.49. The van der Waals surface area contributed by atoms with Crippen molar-refractivity contribution >= 4 is 35.5 Å². The van der Waals surface area contributed by atoms with E-state index in [0.717, 1.165) is 31.2 Å². The van der Waals surface area contributed by atoms with Gasteiger partial charge < -0.3 is 25.4 Å². The summed E-state index contributed by atoms with van der Waals surface area (Å²) in [5.74, 6) is -1.39. The molecule has 0 heterocycles. The highest BCUT2D eigenvalue weighted by Crippen LogP contribution is 2.20. The molecule has 1 aliphatic rings. The number of hydrogen-bond acceptors (Lipinski definition) is 6. The fourth-order valence-corrected chi connectivity index (χ4v) is 3.78. The lowest BCUT2D eigenvalue weighted by molar-refractivity contribution is -0.149. The first-order chi connectivity index (χ1) is 17.4. The Hall–Kier alpha value is -4.14. The summed E-state index contributed by atoms with van der Waals surface area (Å²) in [7, 11) is 1.57. The molecule has 1 fully saturated rings. The van der Waals surface area contributed by atoms with Gasteiger partial charge in [-0.25, -0.2) is 4.79 Å². The Morgan fingerprint density at radius 2 is 1.72 bits per heavy atom. The van der Waals surface area contributed by atoms with Gasteiger partial charge in [-0.3, -0.25) is 14.4 Å². The first-order valence-corrected chi connectivity index (χ1v) is 11.8. The number of anilines is 1. The van der Waals surface area contributed by atoms with Crippen LogP contribution in [0.15, 0.2) is 54.6 Å². The molecule has 0 spiro atoms. The fourth-order valence-electron chi connectivity index (χ4n) is 3.78. The van der Waals surface area contributed by atoms with Gasteiger partial charge in [0.25, 0.3) is 11.8 Å². The van der Waals surface area contributed by atoms with Crippen LogP contribution in [0.1, 0.15) is 48.5 Å². The van der Waals surface area contributed by atoms with Gasteiger partial charge in [0.15, 0.2) is 6.61 Å². The highest BCUT2D eigenvalue weighted by Gasteiger charge is 2.21. The van der Waals surface area contributed by atoms with Crippen molar-refractivity contribution in [3.8, 4) is 5.75 Å². The van der Waals surface area contributed by atoms with E-state index in [1.807, 2.05) is 0 Å². The zero-order valence-electron chi connectivity index (χ0n) is 20.4. The Kier molecular flexibility index (Phi) is 9.62. The van der Waals surface area contributed by atoms with Crippen molar-refractivity contribution in [3.05, 3.63) is 65.7 Å². The predicted octanol–water partition coefficient (Wildman–Crippen LogP) is 3.07. The Labute approximate surface area is 210 Å². The van der Waals surface area contributed by atoms with Crippen molar-refractivity contribution in [1.29, 1.82) is 0 Å². The molecule has 1 saturated carbocycles. The summed E-state index contributed by atoms with van der Waals surface area (Å²) in [6.07, 6.45) is 6.97. The summed E-state index contributed by atoms with van der Waals surface area (Å²) in [6.45, 7) is 0.904. The number of rotatable bonds is 10. The lowest BCUT2D eigenvalue weighted by Crippen LogP contribution is -2.39. The Balaban J connectivity index is 1.45. The van der Waals surface area contributed by atoms with E-state index in [1.54, 1.807) is 61.7 Å². The summed E-state index contributed by atoms with van der Waals surface area (Å²) in [6, 6.07) is 12.9. The molecule has 3 rings (SSSR count). The van der Waals surface area contributed by atoms with Gasteiger partial charge in [-0.05, 0) is 55.7 Å². The van der Waals surface area contributed by atoms with Crippen molar-refractivity contribution in [1.82, 2.24) is 10.6 Å². The predicted molar refractivity (Wildman–Crippen MR) is 135 cm³/mol. The fraction of sp³-hybridized carbons (Fsp3) is 0.333. The molecule has 0 aliphatic heterocycles. The van der Waals surface area contributed by atoms with Crippen molar-refractivity contribution in [3.63, 3.8) is 0 Å². The molecule has 2 aromatic rings. The van der Waals surface area contributed by atoms with Gasteiger partial charge in [0, 0.05) is 12.1 Å². The summed E-state index contributed by atoms with van der Waals surface area (Å²) >= 11 is 0. The standard InChI is InChI=1S/C27H31N3O6/c1-18(28-24(31)16-13-19-11-14-21(35-2)15-12-19)27(34)36-17-25(32)30-23-10-6-5-9-22(23)26(33)29-20-7-3-4-8-20/h5-6,9-16,18,20H,3-4,7-8,17H2,1-2H3,(H,28,31)(H,29,33)(H,30,32). The zero-order valence-corrected chi connectivity index (χ0v) is 20.4. The minimum atomic E-state index is -0.963.